The molecule has 0 bridgehead atoms. The van der Waals surface area contributed by atoms with Crippen LogP contribution in [-0.2, 0) is 10.0 Å². The second-order valence-electron chi connectivity index (χ2n) is 3.56. The van der Waals surface area contributed by atoms with Crippen molar-refractivity contribution in [1.29, 1.82) is 0 Å². The maximum Gasteiger partial charge on any atom is 0.289 e. The van der Waals surface area contributed by atoms with Crippen molar-refractivity contribution >= 4 is 33.1 Å². The zero-order valence-electron chi connectivity index (χ0n) is 9.72. The summed E-state index contributed by atoms with van der Waals surface area (Å²) in [4.78, 5) is 17.0. The van der Waals surface area contributed by atoms with E-state index in [1.807, 2.05) is 0 Å². The number of nitro benzene ring substituents is 1. The molecule has 1 aromatic heterocycles. The Kier molecular flexibility index (Phi) is 3.81. The van der Waals surface area contributed by atoms with Crippen LogP contribution in [0, 0.1) is 10.1 Å². The Bertz CT molecular complexity index is 765. The van der Waals surface area contributed by atoms with Gasteiger partial charge in [0.05, 0.1) is 17.3 Å². The van der Waals surface area contributed by atoms with E-state index in [0.29, 0.717) is 0 Å². The number of nitrogens with one attached hydrogen (secondary N) is 1. The number of anilines is 1. The van der Waals surface area contributed by atoms with E-state index in [0.717, 1.165) is 18.3 Å². The van der Waals surface area contributed by atoms with Crippen LogP contribution in [0.1, 0.15) is 0 Å². The van der Waals surface area contributed by atoms with Crippen LogP contribution in [0.2, 0.25) is 5.15 Å². The summed E-state index contributed by atoms with van der Waals surface area (Å²) in [5.74, 6) is -0.129. The van der Waals surface area contributed by atoms with Crippen LogP contribution < -0.4 is 4.72 Å². The Morgan fingerprint density at radius 1 is 1.25 bits per heavy atom. The lowest BCUT2D eigenvalue weighted by atomic mass is 10.3. The topological polar surface area (TPSA) is 115 Å². The summed E-state index contributed by atoms with van der Waals surface area (Å²) in [5.41, 5.74) is -0.532. The van der Waals surface area contributed by atoms with Crippen LogP contribution in [0.25, 0.3) is 0 Å². The second-order valence-corrected chi connectivity index (χ2v) is 5.60. The van der Waals surface area contributed by atoms with Gasteiger partial charge in [-0.15, -0.1) is 0 Å². The van der Waals surface area contributed by atoms with Crippen molar-refractivity contribution in [2.75, 3.05) is 4.72 Å². The largest absolute Gasteiger partial charge is 0.289 e. The number of halogens is 1. The first-order valence-corrected chi connectivity index (χ1v) is 7.00. The average Bonchev–Trinajstić information content (AvgIpc) is 2.38. The summed E-state index contributed by atoms with van der Waals surface area (Å²) in [7, 11) is -4.16. The Balaban J connectivity index is 2.44. The highest BCUT2D eigenvalue weighted by atomic mass is 35.5. The molecule has 0 unspecified atom stereocenters. The lowest BCUT2D eigenvalue weighted by molar-refractivity contribution is -0.387. The minimum absolute atomic E-state index is 0.00670. The molecular weight excluding hydrogens is 308 g/mol. The van der Waals surface area contributed by atoms with E-state index in [9.17, 15) is 18.5 Å². The number of rotatable bonds is 4. The molecule has 0 radical (unpaired) electrons. The Hall–Kier alpha value is -2.26. The lowest BCUT2D eigenvalue weighted by Crippen LogP contribution is -2.15. The molecule has 0 amide bonds. The molecule has 1 heterocycles. The zero-order chi connectivity index (χ0) is 14.8. The number of aromatic nitrogens is 2. The highest BCUT2D eigenvalue weighted by Gasteiger charge is 2.25. The van der Waals surface area contributed by atoms with Crippen molar-refractivity contribution in [1.82, 2.24) is 9.97 Å². The molecule has 0 spiro atoms. The summed E-state index contributed by atoms with van der Waals surface area (Å²) in [6, 6.07) is 4.97. The SMILES string of the molecule is O=[N+]([O-])c1ccccc1S(=O)(=O)Nc1cncc(Cl)n1. The molecule has 1 N–H and O–H groups in total. The number of hydrogen-bond acceptors (Lipinski definition) is 6. The molecular formula is C10H7ClN4O4S. The van der Waals surface area contributed by atoms with Crippen molar-refractivity contribution in [3.8, 4) is 0 Å². The number of nitro groups is 1. The summed E-state index contributed by atoms with van der Waals surface area (Å²) in [5, 5.41) is 10.8. The highest BCUT2D eigenvalue weighted by Crippen LogP contribution is 2.24. The number of hydrogen-bond donors (Lipinski definition) is 1. The third-order valence-corrected chi connectivity index (χ3v) is 3.78. The molecule has 0 fully saturated rings. The van der Waals surface area contributed by atoms with E-state index < -0.39 is 25.5 Å². The fourth-order valence-electron chi connectivity index (χ4n) is 1.42. The average molecular weight is 315 g/mol. The Morgan fingerprint density at radius 3 is 2.60 bits per heavy atom. The van der Waals surface area contributed by atoms with E-state index >= 15 is 0 Å². The molecule has 2 rings (SSSR count). The molecule has 0 aliphatic rings. The maximum atomic E-state index is 12.1. The van der Waals surface area contributed by atoms with Crippen LogP contribution in [0.5, 0.6) is 0 Å². The van der Waals surface area contributed by atoms with Crippen molar-refractivity contribution in [2.24, 2.45) is 0 Å². The molecule has 0 saturated carbocycles. The highest BCUT2D eigenvalue weighted by molar-refractivity contribution is 7.92. The van der Waals surface area contributed by atoms with Crippen molar-refractivity contribution in [2.45, 2.75) is 4.90 Å². The molecule has 8 nitrogen and oxygen atoms in total. The van der Waals surface area contributed by atoms with Gasteiger partial charge in [-0.1, -0.05) is 23.7 Å². The summed E-state index contributed by atoms with van der Waals surface area (Å²) < 4.78 is 26.3. The Labute approximate surface area is 118 Å². The van der Waals surface area contributed by atoms with Gasteiger partial charge in [0.1, 0.15) is 5.15 Å². The summed E-state index contributed by atoms with van der Waals surface area (Å²) >= 11 is 5.58. The van der Waals surface area contributed by atoms with Gasteiger partial charge in [-0.25, -0.2) is 13.4 Å². The second kappa shape index (κ2) is 5.39. The monoisotopic (exact) mass is 314 g/mol. The van der Waals surface area contributed by atoms with E-state index in [1.54, 1.807) is 0 Å². The molecule has 0 atom stereocenters. The van der Waals surface area contributed by atoms with Gasteiger partial charge in [-0.2, -0.15) is 0 Å². The van der Waals surface area contributed by atoms with E-state index in [4.69, 9.17) is 11.6 Å². The fourth-order valence-corrected chi connectivity index (χ4v) is 2.73. The van der Waals surface area contributed by atoms with Gasteiger partial charge in [0.15, 0.2) is 10.7 Å². The number of para-hydroxylation sites is 1. The van der Waals surface area contributed by atoms with E-state index in [-0.39, 0.29) is 11.0 Å². The normalized spacial score (nSPS) is 11.1. The molecule has 104 valence electrons. The number of sulfonamides is 1. The van der Waals surface area contributed by atoms with Crippen molar-refractivity contribution < 1.29 is 13.3 Å². The molecule has 10 heteroatoms. The zero-order valence-corrected chi connectivity index (χ0v) is 11.3. The number of benzene rings is 1. The standard InChI is InChI=1S/C10H7ClN4O4S/c11-9-5-12-6-10(13-9)14-20(18,19)8-4-2-1-3-7(8)15(16)17/h1-6H,(H,13,14). The van der Waals surface area contributed by atoms with E-state index in [2.05, 4.69) is 14.7 Å². The fraction of sp³-hybridized carbons (Fsp3) is 0. The van der Waals surface area contributed by atoms with Crippen molar-refractivity contribution in [3.63, 3.8) is 0 Å². The molecule has 2 aromatic rings. The first kappa shape index (κ1) is 14.2. The van der Waals surface area contributed by atoms with E-state index in [1.165, 1.54) is 18.3 Å². The van der Waals surface area contributed by atoms with Crippen LogP contribution in [0.3, 0.4) is 0 Å². The van der Waals surface area contributed by atoms with Crippen molar-refractivity contribution in [3.05, 3.63) is 51.9 Å². The quantitative estimate of drug-likeness (QED) is 0.680. The minimum atomic E-state index is -4.16. The smallest absolute Gasteiger partial charge is 0.262 e. The molecule has 0 aliphatic carbocycles. The van der Waals surface area contributed by atoms with Gasteiger partial charge in [0.2, 0.25) is 0 Å². The third kappa shape index (κ3) is 3.00. The predicted molar refractivity (Wildman–Crippen MR) is 70.9 cm³/mol. The minimum Gasteiger partial charge on any atom is -0.262 e. The maximum absolute atomic E-state index is 12.1. The summed E-state index contributed by atoms with van der Waals surface area (Å²) in [6.07, 6.45) is 2.36. The van der Waals surface area contributed by atoms with Gasteiger partial charge < -0.3 is 0 Å². The first-order valence-electron chi connectivity index (χ1n) is 5.14. The Morgan fingerprint density at radius 2 is 1.95 bits per heavy atom. The lowest BCUT2D eigenvalue weighted by Gasteiger charge is -2.07. The van der Waals surface area contributed by atoms with Crippen LogP contribution in [0.4, 0.5) is 11.5 Å². The molecule has 0 aliphatic heterocycles. The molecule has 1 aromatic carbocycles. The van der Waals surface area contributed by atoms with Gasteiger partial charge in [-0.3, -0.25) is 19.8 Å². The molecule has 0 saturated heterocycles. The first-order chi connectivity index (χ1) is 9.40. The van der Waals surface area contributed by atoms with Crippen LogP contribution in [0.15, 0.2) is 41.6 Å². The predicted octanol–water partition coefficient (Wildman–Crippen LogP) is 1.84. The van der Waals surface area contributed by atoms with Gasteiger partial charge in [0.25, 0.3) is 15.7 Å². The molecule has 20 heavy (non-hydrogen) atoms. The third-order valence-electron chi connectivity index (χ3n) is 2.20. The number of nitrogens with zero attached hydrogens (tertiary/aromatic N) is 3. The van der Waals surface area contributed by atoms with Gasteiger partial charge in [0, 0.05) is 6.07 Å². The van der Waals surface area contributed by atoms with Gasteiger partial charge in [-0.05, 0) is 6.07 Å². The van der Waals surface area contributed by atoms with Crippen LogP contribution >= 0.6 is 11.6 Å². The van der Waals surface area contributed by atoms with Crippen LogP contribution in [-0.4, -0.2) is 23.3 Å². The summed E-state index contributed by atoms with van der Waals surface area (Å²) in [6.45, 7) is 0. The van der Waals surface area contributed by atoms with Gasteiger partial charge >= 0.3 is 0 Å².